The van der Waals surface area contributed by atoms with Crippen molar-refractivity contribution in [3.8, 4) is 11.1 Å². The first-order chi connectivity index (χ1) is 22.0. The van der Waals surface area contributed by atoms with Crippen molar-refractivity contribution < 1.29 is 56.5 Å². The molecule has 1 amide bonds. The molecule has 0 radical (unpaired) electrons. The summed E-state index contributed by atoms with van der Waals surface area (Å²) < 4.78 is 59.0. The first-order valence-electron chi connectivity index (χ1n) is 13.6. The van der Waals surface area contributed by atoms with Gasteiger partial charge in [0.2, 0.25) is 5.91 Å². The van der Waals surface area contributed by atoms with Crippen LogP contribution < -0.4 is 16.0 Å². The van der Waals surface area contributed by atoms with Crippen LogP contribution >= 0.6 is 11.6 Å². The molecule has 1 heterocycles. The van der Waals surface area contributed by atoms with Crippen LogP contribution in [0, 0.1) is 12.7 Å². The molecule has 0 saturated carbocycles. The molecule has 3 aromatic carbocycles. The van der Waals surface area contributed by atoms with E-state index < -0.39 is 47.2 Å². The van der Waals surface area contributed by atoms with Gasteiger partial charge in [-0.2, -0.15) is 13.2 Å². The third-order valence-corrected chi connectivity index (χ3v) is 7.20. The van der Waals surface area contributed by atoms with Gasteiger partial charge >= 0.3 is 11.8 Å². The summed E-state index contributed by atoms with van der Waals surface area (Å²) in [5.74, 6) is -3.55. The third kappa shape index (κ3) is 9.47. The number of aliphatic hydroxyl groups excluding tert-OH is 3. The molecule has 15 heteroatoms. The number of carbonyl (C=O) groups excluding carboxylic acids is 2. The standard InChI is InChI=1S/C28H18ClF4NO5.C4H12NO3/c1-14-9-18-23(13-21(14)29)39-27(38)19(26(18)16-4-2-3-15(10-16)5-8-25(36)37)12-24(35)34-22-7-6-17(30)11-20(22)28(31,32)33;1-5(2-6,3-7)4-8/h2-11,13H,12H2,1H3,(H,34,35)(H,36,37);6-8H,2-4H2,1H3/q;+1/p-1/b8-5+;. The Hall–Kier alpha value is -4.60. The second-order valence-corrected chi connectivity index (χ2v) is 11.0. The highest BCUT2D eigenvalue weighted by Gasteiger charge is 2.34. The van der Waals surface area contributed by atoms with Crippen LogP contribution in [0.3, 0.4) is 0 Å². The number of hydrogen-bond acceptors (Lipinski definition) is 8. The fraction of sp³-hybridized carbons (Fsp3) is 0.219. The Morgan fingerprint density at radius 1 is 1.04 bits per heavy atom. The number of aryl methyl sites for hydroxylation is 1. The van der Waals surface area contributed by atoms with E-state index in [9.17, 15) is 37.1 Å². The lowest BCUT2D eigenvalue weighted by molar-refractivity contribution is -0.959. The minimum atomic E-state index is -4.95. The zero-order chi connectivity index (χ0) is 35.1. The normalized spacial score (nSPS) is 11.8. The number of alkyl halides is 3. The molecule has 4 N–H and O–H groups in total. The molecule has 0 bridgehead atoms. The van der Waals surface area contributed by atoms with Crippen molar-refractivity contribution in [2.24, 2.45) is 0 Å². The maximum absolute atomic E-state index is 13.5. The molecule has 250 valence electrons. The molecular formula is C32H29ClF4N2O8. The van der Waals surface area contributed by atoms with Gasteiger partial charge in [-0.3, -0.25) is 9.28 Å². The Bertz CT molecular complexity index is 1860. The molecular weight excluding hydrogens is 652 g/mol. The highest BCUT2D eigenvalue weighted by atomic mass is 35.5. The monoisotopic (exact) mass is 680 g/mol. The Balaban J connectivity index is 0.000000665. The molecule has 0 spiro atoms. The Morgan fingerprint density at radius 2 is 1.70 bits per heavy atom. The van der Waals surface area contributed by atoms with Crippen LogP contribution in [-0.4, -0.2) is 58.9 Å². The molecule has 0 aliphatic carbocycles. The molecule has 4 aromatic rings. The summed E-state index contributed by atoms with van der Waals surface area (Å²) in [4.78, 5) is 36.8. The lowest BCUT2D eigenvalue weighted by atomic mass is 9.93. The van der Waals surface area contributed by atoms with E-state index in [1.807, 2.05) is 0 Å². The van der Waals surface area contributed by atoms with E-state index in [0.29, 0.717) is 27.1 Å². The van der Waals surface area contributed by atoms with E-state index in [0.717, 1.165) is 18.2 Å². The quantitative estimate of drug-likeness (QED) is 0.0683. The van der Waals surface area contributed by atoms with Crippen molar-refractivity contribution in [3.63, 3.8) is 0 Å². The maximum atomic E-state index is 13.5. The van der Waals surface area contributed by atoms with E-state index in [4.69, 9.17) is 31.3 Å². The molecule has 1 aromatic heterocycles. The largest absolute Gasteiger partial charge is 0.545 e. The average Bonchev–Trinajstić information content (AvgIpc) is 3.02. The minimum Gasteiger partial charge on any atom is -0.545 e. The van der Waals surface area contributed by atoms with Gasteiger partial charge in [0.25, 0.3) is 0 Å². The Morgan fingerprint density at radius 3 is 2.28 bits per heavy atom. The number of nitrogens with one attached hydrogen (secondary N) is 1. The molecule has 10 nitrogen and oxygen atoms in total. The van der Waals surface area contributed by atoms with Crippen molar-refractivity contribution >= 4 is 46.2 Å². The van der Waals surface area contributed by atoms with Crippen LogP contribution in [0.25, 0.3) is 28.2 Å². The average molecular weight is 681 g/mol. The number of nitrogens with zero attached hydrogens (tertiary/aromatic N) is 1. The highest BCUT2D eigenvalue weighted by Crippen LogP contribution is 2.37. The second-order valence-electron chi connectivity index (χ2n) is 10.6. The van der Waals surface area contributed by atoms with Gasteiger partial charge in [-0.05, 0) is 60.0 Å². The summed E-state index contributed by atoms with van der Waals surface area (Å²) >= 11 is 6.20. The number of carbonyl (C=O) groups is 2. The molecule has 0 fully saturated rings. The molecule has 47 heavy (non-hydrogen) atoms. The van der Waals surface area contributed by atoms with Crippen LogP contribution in [0.5, 0.6) is 0 Å². The van der Waals surface area contributed by atoms with Gasteiger partial charge in [-0.15, -0.1) is 0 Å². The summed E-state index contributed by atoms with van der Waals surface area (Å²) in [6.07, 6.45) is -3.55. The van der Waals surface area contributed by atoms with Crippen LogP contribution in [0.1, 0.15) is 22.3 Å². The predicted octanol–water partition coefficient (Wildman–Crippen LogP) is 3.81. The Kier molecular flexibility index (Phi) is 12.0. The Labute approximate surface area is 270 Å². The van der Waals surface area contributed by atoms with Crippen LogP contribution in [0.4, 0.5) is 23.2 Å². The number of aliphatic carboxylic acids is 1. The van der Waals surface area contributed by atoms with Crippen LogP contribution in [0.2, 0.25) is 5.02 Å². The van der Waals surface area contributed by atoms with Gasteiger partial charge < -0.3 is 35.0 Å². The first-order valence-corrected chi connectivity index (χ1v) is 14.0. The highest BCUT2D eigenvalue weighted by molar-refractivity contribution is 6.32. The smallest absolute Gasteiger partial charge is 0.418 e. The summed E-state index contributed by atoms with van der Waals surface area (Å²) in [6, 6.07) is 11.2. The van der Waals surface area contributed by atoms with Crippen molar-refractivity contribution in [3.05, 3.63) is 104 Å². The van der Waals surface area contributed by atoms with Crippen LogP contribution in [-0.2, 0) is 22.2 Å². The van der Waals surface area contributed by atoms with Crippen molar-refractivity contribution in [1.82, 2.24) is 0 Å². The predicted molar refractivity (Wildman–Crippen MR) is 163 cm³/mol. The number of rotatable bonds is 9. The number of benzene rings is 3. The van der Waals surface area contributed by atoms with Gasteiger partial charge in [0.15, 0.2) is 20.2 Å². The molecule has 0 aliphatic rings. The fourth-order valence-corrected chi connectivity index (χ4v) is 4.32. The number of aliphatic hydroxyl groups is 3. The van der Waals surface area contributed by atoms with Gasteiger partial charge in [0, 0.05) is 22.0 Å². The van der Waals surface area contributed by atoms with Gasteiger partial charge in [-0.25, -0.2) is 9.18 Å². The topological polar surface area (TPSA) is 160 Å². The number of hydrogen-bond donors (Lipinski definition) is 4. The van der Waals surface area contributed by atoms with E-state index in [2.05, 4.69) is 5.32 Å². The number of carboxylic acids is 1. The summed E-state index contributed by atoms with van der Waals surface area (Å²) in [5, 5.41) is 39.0. The maximum Gasteiger partial charge on any atom is 0.418 e. The summed E-state index contributed by atoms with van der Waals surface area (Å²) in [5.41, 5.74) is -1.38. The summed E-state index contributed by atoms with van der Waals surface area (Å²) in [6.45, 7) is 0.974. The number of carboxylic acid groups (broad SMARTS) is 1. The third-order valence-electron chi connectivity index (χ3n) is 6.79. The van der Waals surface area contributed by atoms with E-state index in [-0.39, 0.29) is 47.5 Å². The van der Waals surface area contributed by atoms with Crippen LogP contribution in [0.15, 0.2) is 69.9 Å². The molecule has 4 rings (SSSR count). The molecule has 0 saturated heterocycles. The van der Waals surface area contributed by atoms with Gasteiger partial charge in [0.05, 0.1) is 36.3 Å². The van der Waals surface area contributed by atoms with Crippen molar-refractivity contribution in [2.75, 3.05) is 32.6 Å². The number of amides is 1. The molecule has 0 atom stereocenters. The summed E-state index contributed by atoms with van der Waals surface area (Å²) in [7, 11) is 1.54. The zero-order valence-electron chi connectivity index (χ0n) is 24.9. The van der Waals surface area contributed by atoms with E-state index in [1.54, 1.807) is 44.3 Å². The van der Waals surface area contributed by atoms with Gasteiger partial charge in [0.1, 0.15) is 11.4 Å². The van der Waals surface area contributed by atoms with E-state index >= 15 is 0 Å². The lowest BCUT2D eigenvalue weighted by Crippen LogP contribution is -2.46. The van der Waals surface area contributed by atoms with Crippen molar-refractivity contribution in [1.29, 1.82) is 0 Å². The minimum absolute atomic E-state index is 0.100. The molecule has 0 unspecified atom stereocenters. The lowest BCUT2D eigenvalue weighted by Gasteiger charge is -2.25. The zero-order valence-corrected chi connectivity index (χ0v) is 25.7. The second kappa shape index (κ2) is 15.3. The fourth-order valence-electron chi connectivity index (χ4n) is 4.17. The van der Waals surface area contributed by atoms with E-state index in [1.165, 1.54) is 12.1 Å². The SMILES string of the molecule is C[N+](CO)(CO)CO.Cc1cc2c(-c3cccc(/C=C/C(=O)[O-])c3)c(CC(=O)Nc3ccc(F)cc3C(F)(F)F)c(=O)oc2cc1Cl. The van der Waals surface area contributed by atoms with Crippen molar-refractivity contribution in [2.45, 2.75) is 19.5 Å². The number of quaternary nitrogens is 1. The number of anilines is 1. The number of fused-ring (bicyclic) bond motifs is 1. The van der Waals surface area contributed by atoms with Gasteiger partial charge in [-0.1, -0.05) is 35.9 Å². The number of halogens is 5. The molecule has 0 aliphatic heterocycles. The first kappa shape index (κ1) is 36.9.